The molecule has 3 heterocycles. The highest BCUT2D eigenvalue weighted by Gasteiger charge is 2.21. The molecule has 0 atom stereocenters. The standard InChI is InChI=1S/C50H29NOS2/c1-3-12-35-30(9-1)11-7-15-36(35)32-19-22-33(23-20-32)51(41-16-8-18-44-47(41)38-14-5-6-17-43(38)53-44)34-24-26-39-46(29-34)54-45-28-27-42-48(49(39)45)40-25-21-31-10-2-4-13-37(31)50(40)52-42/h1-29H. The van der Waals surface area contributed by atoms with Gasteiger partial charge in [0.1, 0.15) is 11.2 Å². The van der Waals surface area contributed by atoms with Gasteiger partial charge in [0.25, 0.3) is 0 Å². The van der Waals surface area contributed by atoms with Gasteiger partial charge in [0.2, 0.25) is 0 Å². The molecule has 0 N–H and O–H groups in total. The Morgan fingerprint density at radius 2 is 1.04 bits per heavy atom. The Morgan fingerprint density at radius 1 is 0.389 bits per heavy atom. The first-order valence-electron chi connectivity index (χ1n) is 18.2. The molecular weight excluding hydrogens is 695 g/mol. The molecule has 4 heteroatoms. The van der Waals surface area contributed by atoms with E-state index in [1.807, 2.05) is 22.7 Å². The fourth-order valence-electron chi connectivity index (χ4n) is 8.63. The first-order chi connectivity index (χ1) is 26.8. The van der Waals surface area contributed by atoms with E-state index in [1.165, 1.54) is 84.1 Å². The van der Waals surface area contributed by atoms with Gasteiger partial charge < -0.3 is 9.32 Å². The highest BCUT2D eigenvalue weighted by molar-refractivity contribution is 7.26. The number of thiophene rings is 2. The molecule has 0 spiro atoms. The van der Waals surface area contributed by atoms with Crippen LogP contribution >= 0.6 is 22.7 Å². The van der Waals surface area contributed by atoms with Crippen LogP contribution in [0.3, 0.4) is 0 Å². The molecule has 2 nitrogen and oxygen atoms in total. The highest BCUT2D eigenvalue weighted by atomic mass is 32.1. The molecule has 252 valence electrons. The van der Waals surface area contributed by atoms with Crippen LogP contribution in [0.25, 0.3) is 95.0 Å². The zero-order valence-electron chi connectivity index (χ0n) is 28.9. The van der Waals surface area contributed by atoms with Crippen molar-refractivity contribution in [1.29, 1.82) is 0 Å². The maximum Gasteiger partial charge on any atom is 0.143 e. The summed E-state index contributed by atoms with van der Waals surface area (Å²) in [7, 11) is 0. The molecule has 9 aromatic carbocycles. The van der Waals surface area contributed by atoms with Crippen LogP contribution < -0.4 is 4.90 Å². The van der Waals surface area contributed by atoms with Crippen LogP contribution in [-0.4, -0.2) is 0 Å². The van der Waals surface area contributed by atoms with E-state index in [9.17, 15) is 0 Å². The van der Waals surface area contributed by atoms with E-state index in [4.69, 9.17) is 4.42 Å². The average molecular weight is 724 g/mol. The van der Waals surface area contributed by atoms with Crippen molar-refractivity contribution in [2.24, 2.45) is 0 Å². The summed E-state index contributed by atoms with van der Waals surface area (Å²) in [6.45, 7) is 0. The second kappa shape index (κ2) is 11.5. The first kappa shape index (κ1) is 30.0. The molecule has 3 aromatic heterocycles. The number of hydrogen-bond donors (Lipinski definition) is 0. The summed E-state index contributed by atoms with van der Waals surface area (Å²) in [5.74, 6) is 0. The van der Waals surface area contributed by atoms with Gasteiger partial charge >= 0.3 is 0 Å². The van der Waals surface area contributed by atoms with Gasteiger partial charge in [-0.15, -0.1) is 22.7 Å². The van der Waals surface area contributed by atoms with Crippen LogP contribution in [0.1, 0.15) is 0 Å². The third-order valence-corrected chi connectivity index (χ3v) is 13.3. The zero-order chi connectivity index (χ0) is 35.3. The van der Waals surface area contributed by atoms with Crippen LogP contribution in [0.5, 0.6) is 0 Å². The minimum Gasteiger partial charge on any atom is -0.455 e. The fraction of sp³-hybridized carbons (Fsp3) is 0. The van der Waals surface area contributed by atoms with E-state index < -0.39 is 0 Å². The maximum atomic E-state index is 6.60. The normalized spacial score (nSPS) is 12.1. The van der Waals surface area contributed by atoms with Gasteiger partial charge in [-0.2, -0.15) is 0 Å². The van der Waals surface area contributed by atoms with Gasteiger partial charge in [-0.3, -0.25) is 0 Å². The summed E-state index contributed by atoms with van der Waals surface area (Å²) in [6, 6.07) is 64.2. The molecule has 0 fully saturated rings. The number of hydrogen-bond acceptors (Lipinski definition) is 4. The lowest BCUT2D eigenvalue weighted by Crippen LogP contribution is -2.10. The summed E-state index contributed by atoms with van der Waals surface area (Å²) in [5, 5.41) is 12.3. The average Bonchev–Trinajstić information content (AvgIpc) is 3.92. The van der Waals surface area contributed by atoms with Crippen LogP contribution in [0, 0.1) is 0 Å². The summed E-state index contributed by atoms with van der Waals surface area (Å²) in [4.78, 5) is 2.45. The molecule has 0 unspecified atom stereocenters. The van der Waals surface area contributed by atoms with Gasteiger partial charge in [-0.25, -0.2) is 0 Å². The largest absolute Gasteiger partial charge is 0.455 e. The Balaban J connectivity index is 1.08. The summed E-state index contributed by atoms with van der Waals surface area (Å²) in [5.41, 5.74) is 7.78. The number of rotatable bonds is 4. The first-order valence-corrected chi connectivity index (χ1v) is 19.9. The van der Waals surface area contributed by atoms with E-state index >= 15 is 0 Å². The van der Waals surface area contributed by atoms with Crippen molar-refractivity contribution in [3.63, 3.8) is 0 Å². The van der Waals surface area contributed by atoms with Gasteiger partial charge in [0.15, 0.2) is 0 Å². The summed E-state index contributed by atoms with van der Waals surface area (Å²) < 4.78 is 11.7. The fourth-order valence-corrected chi connectivity index (χ4v) is 10.9. The molecule has 0 saturated carbocycles. The Kier molecular flexibility index (Phi) is 6.41. The van der Waals surface area contributed by atoms with Gasteiger partial charge in [-0.05, 0) is 87.9 Å². The Labute approximate surface area is 318 Å². The number of nitrogens with zero attached hydrogens (tertiary/aromatic N) is 1. The number of benzene rings is 9. The van der Waals surface area contributed by atoms with Crippen LogP contribution in [0.4, 0.5) is 17.1 Å². The zero-order valence-corrected chi connectivity index (χ0v) is 30.5. The van der Waals surface area contributed by atoms with E-state index in [-0.39, 0.29) is 0 Å². The molecule has 0 saturated heterocycles. The number of anilines is 3. The van der Waals surface area contributed by atoms with Gasteiger partial charge in [-0.1, -0.05) is 115 Å². The van der Waals surface area contributed by atoms with Crippen molar-refractivity contribution in [1.82, 2.24) is 0 Å². The molecule has 0 bridgehead atoms. The van der Waals surface area contributed by atoms with Crippen LogP contribution in [0.15, 0.2) is 180 Å². The third kappa shape index (κ3) is 4.38. The molecular formula is C50H29NOS2. The molecule has 0 radical (unpaired) electrons. The molecule has 0 aliphatic heterocycles. The smallest absolute Gasteiger partial charge is 0.143 e. The summed E-state index contributed by atoms with van der Waals surface area (Å²) in [6.07, 6.45) is 0. The Morgan fingerprint density at radius 3 is 1.93 bits per heavy atom. The second-order valence-electron chi connectivity index (χ2n) is 14.0. The van der Waals surface area contributed by atoms with Crippen molar-refractivity contribution in [2.75, 3.05) is 4.90 Å². The molecule has 54 heavy (non-hydrogen) atoms. The predicted molar refractivity (Wildman–Crippen MR) is 235 cm³/mol. The maximum absolute atomic E-state index is 6.60. The highest BCUT2D eigenvalue weighted by Crippen LogP contribution is 2.48. The van der Waals surface area contributed by atoms with Crippen LogP contribution in [-0.2, 0) is 0 Å². The SMILES string of the molecule is c1ccc2c(-c3ccc(N(c4ccc5c(c4)sc4ccc6oc7c8ccccc8ccc7c6c45)c4cccc5sc6ccccc6c45)cc3)cccc2c1. The molecule has 0 amide bonds. The van der Waals surface area contributed by atoms with Crippen molar-refractivity contribution in [3.8, 4) is 11.1 Å². The lowest BCUT2D eigenvalue weighted by atomic mass is 9.98. The van der Waals surface area contributed by atoms with Crippen molar-refractivity contribution >= 4 is 124 Å². The van der Waals surface area contributed by atoms with E-state index in [1.54, 1.807) is 0 Å². The van der Waals surface area contributed by atoms with E-state index in [0.29, 0.717) is 0 Å². The number of furan rings is 1. The minimum atomic E-state index is 0.932. The second-order valence-corrected chi connectivity index (χ2v) is 16.2. The third-order valence-electron chi connectivity index (χ3n) is 11.1. The Hall–Kier alpha value is -6.46. The molecule has 12 aromatic rings. The van der Waals surface area contributed by atoms with Crippen LogP contribution in [0.2, 0.25) is 0 Å². The lowest BCUT2D eigenvalue weighted by Gasteiger charge is -2.27. The van der Waals surface area contributed by atoms with Gasteiger partial charge in [0.05, 0.1) is 5.69 Å². The lowest BCUT2D eigenvalue weighted by molar-refractivity contribution is 0.673. The van der Waals surface area contributed by atoms with E-state index in [0.717, 1.165) is 27.9 Å². The van der Waals surface area contributed by atoms with E-state index in [2.05, 4.69) is 181 Å². The van der Waals surface area contributed by atoms with Crippen molar-refractivity contribution < 1.29 is 4.42 Å². The molecule has 0 aliphatic carbocycles. The Bertz CT molecular complexity index is 3450. The van der Waals surface area contributed by atoms with Crippen molar-refractivity contribution in [2.45, 2.75) is 0 Å². The predicted octanol–water partition coefficient (Wildman–Crippen LogP) is 15.8. The van der Waals surface area contributed by atoms with Crippen molar-refractivity contribution in [3.05, 3.63) is 176 Å². The monoisotopic (exact) mass is 723 g/mol. The van der Waals surface area contributed by atoms with Gasteiger partial charge in [0, 0.05) is 67.9 Å². The number of fused-ring (bicyclic) bond motifs is 13. The molecule has 12 rings (SSSR count). The molecule has 0 aliphatic rings. The quantitative estimate of drug-likeness (QED) is 0.180. The summed E-state index contributed by atoms with van der Waals surface area (Å²) >= 11 is 3.72. The minimum absolute atomic E-state index is 0.932. The topological polar surface area (TPSA) is 16.4 Å².